The second-order valence-electron chi connectivity index (χ2n) is 8.70. The molecular weight excluding hydrogens is 382 g/mol. The predicted molar refractivity (Wildman–Crippen MR) is 108 cm³/mol. The van der Waals surface area contributed by atoms with Crippen molar-refractivity contribution in [3.63, 3.8) is 0 Å². The SMILES string of the molecule is Cc1ccc(CN2C[C@]34C=C[C@H](O3)C(C(=O)N(C)Cc3ccon3)C4C2=O)cc1C. The van der Waals surface area contributed by atoms with E-state index in [4.69, 9.17) is 9.26 Å². The maximum Gasteiger partial charge on any atom is 0.230 e. The number of hydrogen-bond acceptors (Lipinski definition) is 5. The first-order valence-electron chi connectivity index (χ1n) is 10.2. The zero-order chi connectivity index (χ0) is 21.0. The highest BCUT2D eigenvalue weighted by atomic mass is 16.5. The quantitative estimate of drug-likeness (QED) is 0.711. The Hall–Kier alpha value is -2.93. The Labute approximate surface area is 175 Å². The van der Waals surface area contributed by atoms with Gasteiger partial charge in [0.2, 0.25) is 11.8 Å². The fourth-order valence-corrected chi connectivity index (χ4v) is 5.01. The van der Waals surface area contributed by atoms with Crippen LogP contribution in [0.3, 0.4) is 0 Å². The molecule has 1 spiro atoms. The molecule has 5 rings (SSSR count). The molecular formula is C23H25N3O4. The number of carbonyl (C=O) groups is 2. The Kier molecular flexibility index (Phi) is 4.32. The fourth-order valence-electron chi connectivity index (χ4n) is 5.01. The van der Waals surface area contributed by atoms with Crippen LogP contribution in [0, 0.1) is 25.7 Å². The summed E-state index contributed by atoms with van der Waals surface area (Å²) < 4.78 is 11.1. The molecule has 0 radical (unpaired) electrons. The predicted octanol–water partition coefficient (Wildman–Crippen LogP) is 2.23. The Balaban J connectivity index is 1.36. The third kappa shape index (κ3) is 2.88. The van der Waals surface area contributed by atoms with Gasteiger partial charge in [0.15, 0.2) is 0 Å². The number of benzene rings is 1. The number of nitrogens with zero attached hydrogens (tertiary/aromatic N) is 3. The lowest BCUT2D eigenvalue weighted by atomic mass is 9.76. The molecule has 0 N–H and O–H groups in total. The van der Waals surface area contributed by atoms with E-state index in [9.17, 15) is 9.59 Å². The maximum absolute atomic E-state index is 13.4. The van der Waals surface area contributed by atoms with Gasteiger partial charge in [-0.15, -0.1) is 0 Å². The molecule has 3 aliphatic rings. The first-order chi connectivity index (χ1) is 14.4. The maximum atomic E-state index is 13.4. The standard InChI is InChI=1S/C23H25N3O4/c1-14-4-5-16(10-15(14)2)11-26-13-23-8-6-18(30-23)19(20(23)22(26)28)21(27)25(3)12-17-7-9-29-24-17/h4-10,18-20H,11-13H2,1-3H3/t18-,19?,20?,23-/m0/s1. The monoisotopic (exact) mass is 407 g/mol. The van der Waals surface area contributed by atoms with Gasteiger partial charge in [0, 0.05) is 19.7 Å². The van der Waals surface area contributed by atoms with Gasteiger partial charge >= 0.3 is 0 Å². The summed E-state index contributed by atoms with van der Waals surface area (Å²) in [4.78, 5) is 30.1. The number of ether oxygens (including phenoxy) is 1. The van der Waals surface area contributed by atoms with E-state index in [1.807, 2.05) is 17.1 Å². The van der Waals surface area contributed by atoms with Crippen molar-refractivity contribution in [3.8, 4) is 0 Å². The van der Waals surface area contributed by atoms with Crippen molar-refractivity contribution in [1.82, 2.24) is 15.0 Å². The summed E-state index contributed by atoms with van der Waals surface area (Å²) in [5.74, 6) is -1.09. The van der Waals surface area contributed by atoms with E-state index in [0.29, 0.717) is 25.3 Å². The van der Waals surface area contributed by atoms with Crippen LogP contribution >= 0.6 is 0 Å². The van der Waals surface area contributed by atoms with Gasteiger partial charge in [-0.1, -0.05) is 35.5 Å². The van der Waals surface area contributed by atoms with Crippen molar-refractivity contribution in [2.24, 2.45) is 11.8 Å². The zero-order valence-electron chi connectivity index (χ0n) is 17.4. The number of hydrogen-bond donors (Lipinski definition) is 0. The van der Waals surface area contributed by atoms with Gasteiger partial charge in [-0.25, -0.2) is 0 Å². The minimum atomic E-state index is -0.698. The molecule has 0 saturated carbocycles. The van der Waals surface area contributed by atoms with Crippen molar-refractivity contribution >= 4 is 11.8 Å². The number of aryl methyl sites for hydroxylation is 2. The average molecular weight is 407 g/mol. The third-order valence-electron chi connectivity index (χ3n) is 6.68. The summed E-state index contributed by atoms with van der Waals surface area (Å²) in [6, 6.07) is 7.99. The van der Waals surface area contributed by atoms with Crippen LogP contribution in [0.25, 0.3) is 0 Å². The van der Waals surface area contributed by atoms with Crippen LogP contribution in [0.1, 0.15) is 22.4 Å². The van der Waals surface area contributed by atoms with Gasteiger partial charge < -0.3 is 19.1 Å². The number of aromatic nitrogens is 1. The van der Waals surface area contributed by atoms with Crippen LogP contribution in [0.15, 0.2) is 47.2 Å². The van der Waals surface area contributed by atoms with Crippen LogP contribution in [-0.2, 0) is 27.4 Å². The normalized spacial score (nSPS) is 29.0. The zero-order valence-corrected chi connectivity index (χ0v) is 17.4. The lowest BCUT2D eigenvalue weighted by Gasteiger charge is -2.27. The first kappa shape index (κ1) is 19.1. The molecule has 7 heteroatoms. The molecule has 4 atom stereocenters. The minimum Gasteiger partial charge on any atom is -0.364 e. The molecule has 1 aromatic heterocycles. The number of carbonyl (C=O) groups excluding carboxylic acids is 2. The first-order valence-corrected chi connectivity index (χ1v) is 10.2. The fraction of sp³-hybridized carbons (Fsp3) is 0.435. The second-order valence-corrected chi connectivity index (χ2v) is 8.70. The summed E-state index contributed by atoms with van der Waals surface area (Å²) in [7, 11) is 1.73. The van der Waals surface area contributed by atoms with Gasteiger partial charge in [-0.05, 0) is 30.5 Å². The molecule has 2 unspecified atom stereocenters. The van der Waals surface area contributed by atoms with Crippen LogP contribution in [-0.4, -0.2) is 52.1 Å². The number of amides is 2. The number of fused-ring (bicyclic) bond motifs is 1. The molecule has 2 saturated heterocycles. The smallest absolute Gasteiger partial charge is 0.230 e. The van der Waals surface area contributed by atoms with Crippen LogP contribution in [0.4, 0.5) is 0 Å². The van der Waals surface area contributed by atoms with Crippen LogP contribution in [0.2, 0.25) is 0 Å². The summed E-state index contributed by atoms with van der Waals surface area (Å²) in [5.41, 5.74) is 3.50. The molecule has 0 aliphatic carbocycles. The lowest BCUT2D eigenvalue weighted by Crippen LogP contribution is -2.44. The van der Waals surface area contributed by atoms with Gasteiger partial charge in [0.05, 0.1) is 31.0 Å². The van der Waals surface area contributed by atoms with Crippen molar-refractivity contribution in [3.05, 3.63) is 65.1 Å². The van der Waals surface area contributed by atoms with E-state index in [2.05, 4.69) is 37.2 Å². The largest absolute Gasteiger partial charge is 0.364 e. The molecule has 156 valence electrons. The number of rotatable bonds is 5. The molecule has 3 aliphatic heterocycles. The van der Waals surface area contributed by atoms with Crippen LogP contribution < -0.4 is 0 Å². The van der Waals surface area contributed by atoms with E-state index >= 15 is 0 Å². The average Bonchev–Trinajstić information content (AvgIpc) is 3.47. The highest BCUT2D eigenvalue weighted by Crippen LogP contribution is 2.52. The summed E-state index contributed by atoms with van der Waals surface area (Å²) >= 11 is 0. The molecule has 4 heterocycles. The van der Waals surface area contributed by atoms with Gasteiger partial charge in [-0.3, -0.25) is 9.59 Å². The molecule has 2 fully saturated rings. The number of likely N-dealkylation sites (tertiary alicyclic amines) is 1. The van der Waals surface area contributed by atoms with Crippen molar-refractivity contribution in [1.29, 1.82) is 0 Å². The Morgan fingerprint density at radius 2 is 2.13 bits per heavy atom. The molecule has 30 heavy (non-hydrogen) atoms. The van der Waals surface area contributed by atoms with Gasteiger partial charge in [-0.2, -0.15) is 0 Å². The summed E-state index contributed by atoms with van der Waals surface area (Å²) in [6.45, 7) is 5.49. The third-order valence-corrected chi connectivity index (χ3v) is 6.68. The molecule has 2 bridgehead atoms. The molecule has 1 aromatic carbocycles. The molecule has 7 nitrogen and oxygen atoms in total. The van der Waals surface area contributed by atoms with E-state index in [1.165, 1.54) is 17.4 Å². The van der Waals surface area contributed by atoms with Crippen molar-refractivity contribution in [2.75, 3.05) is 13.6 Å². The lowest BCUT2D eigenvalue weighted by molar-refractivity contribution is -0.143. The molecule has 2 aromatic rings. The van der Waals surface area contributed by atoms with Gasteiger partial charge in [0.25, 0.3) is 0 Å². The van der Waals surface area contributed by atoms with Crippen LogP contribution in [0.5, 0.6) is 0 Å². The topological polar surface area (TPSA) is 75.9 Å². The van der Waals surface area contributed by atoms with Crippen molar-refractivity contribution in [2.45, 2.75) is 38.6 Å². The van der Waals surface area contributed by atoms with E-state index < -0.39 is 17.4 Å². The summed E-state index contributed by atoms with van der Waals surface area (Å²) in [6.07, 6.45) is 5.06. The summed E-state index contributed by atoms with van der Waals surface area (Å²) in [5, 5.41) is 3.88. The second kappa shape index (κ2) is 6.80. The Bertz CT molecular complexity index is 1030. The van der Waals surface area contributed by atoms with Gasteiger partial charge in [0.1, 0.15) is 17.6 Å². The molecule has 2 amide bonds. The highest BCUT2D eigenvalue weighted by Gasteiger charge is 2.67. The van der Waals surface area contributed by atoms with E-state index in [-0.39, 0.29) is 17.9 Å². The van der Waals surface area contributed by atoms with E-state index in [0.717, 1.165) is 5.56 Å². The minimum absolute atomic E-state index is 0.00624. The van der Waals surface area contributed by atoms with E-state index in [1.54, 1.807) is 18.0 Å². The Morgan fingerprint density at radius 1 is 1.30 bits per heavy atom. The Morgan fingerprint density at radius 3 is 2.87 bits per heavy atom. The van der Waals surface area contributed by atoms with Crippen molar-refractivity contribution < 1.29 is 18.8 Å². The highest BCUT2D eigenvalue weighted by molar-refractivity contribution is 5.93.